The summed E-state index contributed by atoms with van der Waals surface area (Å²) in [5, 5.41) is 0. The van der Waals surface area contributed by atoms with E-state index in [0.717, 1.165) is 35.1 Å². The number of hydrogen-bond acceptors (Lipinski definition) is 2. The number of aryl methyl sites for hydroxylation is 1. The van der Waals surface area contributed by atoms with E-state index < -0.39 is 0 Å². The van der Waals surface area contributed by atoms with Crippen LogP contribution in [0.4, 0.5) is 5.69 Å². The Bertz CT molecular complexity index is 756. The largest absolute Gasteiger partial charge is 0.378 e. The molecule has 3 rings (SSSR count). The molecule has 2 heteroatoms. The van der Waals surface area contributed by atoms with Crippen molar-refractivity contribution in [1.82, 2.24) is 0 Å². The molecule has 2 nitrogen and oxygen atoms in total. The van der Waals surface area contributed by atoms with Gasteiger partial charge in [-0.1, -0.05) is 37.3 Å². The van der Waals surface area contributed by atoms with Crippen LogP contribution < -0.4 is 4.90 Å². The lowest BCUT2D eigenvalue weighted by Crippen LogP contribution is -2.09. The number of hydrogen-bond donors (Lipinski definition) is 0. The van der Waals surface area contributed by atoms with Crippen LogP contribution in [0.25, 0.3) is 6.08 Å². The Morgan fingerprint density at radius 3 is 2.59 bits per heavy atom. The molecule has 2 aromatic rings. The van der Waals surface area contributed by atoms with Crippen molar-refractivity contribution in [3.05, 3.63) is 70.3 Å². The number of fused-ring (bicyclic) bond motifs is 1. The lowest BCUT2D eigenvalue weighted by Gasteiger charge is -2.15. The minimum atomic E-state index is 0.175. The van der Waals surface area contributed by atoms with Crippen molar-refractivity contribution in [2.24, 2.45) is 0 Å². The minimum Gasteiger partial charge on any atom is -0.378 e. The fourth-order valence-electron chi connectivity index (χ4n) is 2.98. The minimum absolute atomic E-state index is 0.175. The summed E-state index contributed by atoms with van der Waals surface area (Å²) in [7, 11) is 4.09. The van der Waals surface area contributed by atoms with E-state index in [1.807, 2.05) is 38.4 Å². The number of anilines is 1. The zero-order valence-electron chi connectivity index (χ0n) is 13.4. The summed E-state index contributed by atoms with van der Waals surface area (Å²) in [5.74, 6) is 0.175. The van der Waals surface area contributed by atoms with Crippen molar-refractivity contribution in [1.29, 1.82) is 0 Å². The first-order chi connectivity index (χ1) is 10.6. The van der Waals surface area contributed by atoms with Gasteiger partial charge in [0, 0.05) is 37.3 Å². The molecular formula is C20H21NO. The van der Waals surface area contributed by atoms with Crippen molar-refractivity contribution >= 4 is 17.5 Å². The van der Waals surface area contributed by atoms with Gasteiger partial charge in [-0.15, -0.1) is 0 Å². The van der Waals surface area contributed by atoms with E-state index >= 15 is 0 Å². The van der Waals surface area contributed by atoms with Crippen LogP contribution >= 0.6 is 0 Å². The molecule has 22 heavy (non-hydrogen) atoms. The van der Waals surface area contributed by atoms with Crippen LogP contribution in [0.5, 0.6) is 0 Å². The Labute approximate surface area is 132 Å². The topological polar surface area (TPSA) is 20.3 Å². The standard InChI is InChI=1S/C20H21NO/c1-4-14-13-18(21(2)3)10-9-15(14)11-17-12-16-7-5-6-8-19(16)20(17)22/h5-11,13H,4,12H2,1-3H3. The number of nitrogens with zero attached hydrogens (tertiary/aromatic N) is 1. The molecule has 112 valence electrons. The molecule has 2 aromatic carbocycles. The van der Waals surface area contributed by atoms with Gasteiger partial charge < -0.3 is 4.90 Å². The van der Waals surface area contributed by atoms with Crippen LogP contribution in [0.2, 0.25) is 0 Å². The Hall–Kier alpha value is -2.35. The third-order valence-electron chi connectivity index (χ3n) is 4.29. The molecular weight excluding hydrogens is 270 g/mol. The third-order valence-corrected chi connectivity index (χ3v) is 4.29. The predicted octanol–water partition coefficient (Wildman–Crippen LogP) is 4.14. The van der Waals surface area contributed by atoms with Gasteiger partial charge in [0.15, 0.2) is 5.78 Å². The van der Waals surface area contributed by atoms with Crippen molar-refractivity contribution in [2.75, 3.05) is 19.0 Å². The van der Waals surface area contributed by atoms with E-state index in [9.17, 15) is 4.79 Å². The van der Waals surface area contributed by atoms with Crippen LogP contribution in [0.1, 0.15) is 34.0 Å². The van der Waals surface area contributed by atoms with E-state index in [1.165, 1.54) is 11.3 Å². The molecule has 0 fully saturated rings. The van der Waals surface area contributed by atoms with E-state index in [-0.39, 0.29) is 5.78 Å². The van der Waals surface area contributed by atoms with E-state index in [1.54, 1.807) is 0 Å². The quantitative estimate of drug-likeness (QED) is 0.792. The third kappa shape index (κ3) is 2.57. The number of allylic oxidation sites excluding steroid dienone is 1. The lowest BCUT2D eigenvalue weighted by molar-refractivity contribution is 0.104. The smallest absolute Gasteiger partial charge is 0.189 e. The second-order valence-corrected chi connectivity index (χ2v) is 5.96. The van der Waals surface area contributed by atoms with Gasteiger partial charge in [0.05, 0.1) is 0 Å². The second-order valence-electron chi connectivity index (χ2n) is 5.96. The van der Waals surface area contributed by atoms with Gasteiger partial charge in [-0.25, -0.2) is 0 Å². The first-order valence-electron chi connectivity index (χ1n) is 7.73. The molecule has 0 bridgehead atoms. The first-order valence-corrected chi connectivity index (χ1v) is 7.73. The zero-order valence-corrected chi connectivity index (χ0v) is 13.4. The molecule has 0 radical (unpaired) electrons. The normalized spacial score (nSPS) is 15.2. The van der Waals surface area contributed by atoms with E-state index in [2.05, 4.69) is 36.1 Å². The first kappa shape index (κ1) is 14.6. The average Bonchev–Trinajstić information content (AvgIpc) is 2.84. The lowest BCUT2D eigenvalue weighted by atomic mass is 10.00. The average molecular weight is 291 g/mol. The molecule has 0 amide bonds. The van der Waals surface area contributed by atoms with E-state index in [0.29, 0.717) is 0 Å². The monoisotopic (exact) mass is 291 g/mol. The van der Waals surface area contributed by atoms with Crippen molar-refractivity contribution < 1.29 is 4.79 Å². The predicted molar refractivity (Wildman–Crippen MR) is 92.6 cm³/mol. The summed E-state index contributed by atoms with van der Waals surface area (Å²) in [6, 6.07) is 14.3. The molecule has 0 aliphatic heterocycles. The van der Waals surface area contributed by atoms with E-state index in [4.69, 9.17) is 0 Å². The Kier molecular flexibility index (Phi) is 3.84. The summed E-state index contributed by atoms with van der Waals surface area (Å²) >= 11 is 0. The number of Topliss-reactive ketones (excluding diaryl/α,β-unsaturated/α-hetero) is 1. The number of carbonyl (C=O) groups is 1. The van der Waals surface area contributed by atoms with Crippen molar-refractivity contribution in [3.63, 3.8) is 0 Å². The molecule has 0 atom stereocenters. The number of carbonyl (C=O) groups excluding carboxylic acids is 1. The van der Waals surface area contributed by atoms with Crippen LogP contribution in [-0.2, 0) is 12.8 Å². The summed E-state index contributed by atoms with van der Waals surface area (Å²) in [5.41, 5.74) is 6.53. The molecule has 0 aromatic heterocycles. The van der Waals surface area contributed by atoms with Crippen LogP contribution in [0.15, 0.2) is 48.0 Å². The van der Waals surface area contributed by atoms with Crippen LogP contribution in [-0.4, -0.2) is 19.9 Å². The summed E-state index contributed by atoms with van der Waals surface area (Å²) < 4.78 is 0. The SMILES string of the molecule is CCc1cc(N(C)C)ccc1C=C1Cc2ccccc2C1=O. The molecule has 0 unspecified atom stereocenters. The molecule has 0 heterocycles. The van der Waals surface area contributed by atoms with Crippen LogP contribution in [0.3, 0.4) is 0 Å². The molecule has 1 aliphatic carbocycles. The van der Waals surface area contributed by atoms with Gasteiger partial charge >= 0.3 is 0 Å². The zero-order chi connectivity index (χ0) is 15.7. The highest BCUT2D eigenvalue weighted by Gasteiger charge is 2.24. The summed E-state index contributed by atoms with van der Waals surface area (Å²) in [6.45, 7) is 2.15. The number of benzene rings is 2. The maximum Gasteiger partial charge on any atom is 0.189 e. The molecule has 0 saturated carbocycles. The highest BCUT2D eigenvalue weighted by atomic mass is 16.1. The maximum absolute atomic E-state index is 12.5. The molecule has 0 saturated heterocycles. The maximum atomic E-state index is 12.5. The van der Waals surface area contributed by atoms with Gasteiger partial charge in [-0.2, -0.15) is 0 Å². The molecule has 1 aliphatic rings. The van der Waals surface area contributed by atoms with Gasteiger partial charge in [-0.3, -0.25) is 4.79 Å². The summed E-state index contributed by atoms with van der Waals surface area (Å²) in [6.07, 6.45) is 3.77. The Balaban J connectivity index is 1.98. The van der Waals surface area contributed by atoms with Gasteiger partial charge in [0.1, 0.15) is 0 Å². The van der Waals surface area contributed by atoms with Gasteiger partial charge in [0.25, 0.3) is 0 Å². The van der Waals surface area contributed by atoms with Crippen molar-refractivity contribution in [3.8, 4) is 0 Å². The van der Waals surface area contributed by atoms with Gasteiger partial charge in [0.2, 0.25) is 0 Å². The van der Waals surface area contributed by atoms with Gasteiger partial charge in [-0.05, 0) is 41.3 Å². The second kappa shape index (κ2) is 5.80. The summed E-state index contributed by atoms with van der Waals surface area (Å²) in [4.78, 5) is 14.6. The highest BCUT2D eigenvalue weighted by Crippen LogP contribution is 2.29. The van der Waals surface area contributed by atoms with Crippen molar-refractivity contribution in [2.45, 2.75) is 19.8 Å². The number of rotatable bonds is 3. The Morgan fingerprint density at radius 2 is 1.91 bits per heavy atom. The molecule has 0 spiro atoms. The highest BCUT2D eigenvalue weighted by molar-refractivity contribution is 6.15. The molecule has 0 N–H and O–H groups in total. The number of ketones is 1. The Morgan fingerprint density at radius 1 is 1.14 bits per heavy atom. The fourth-order valence-corrected chi connectivity index (χ4v) is 2.98. The fraction of sp³-hybridized carbons (Fsp3) is 0.250. The van der Waals surface area contributed by atoms with Crippen LogP contribution in [0, 0.1) is 0 Å².